The van der Waals surface area contributed by atoms with Gasteiger partial charge in [-0.2, -0.15) is 5.10 Å². The number of nitrogens with zero attached hydrogens (tertiary/aromatic N) is 3. The smallest absolute Gasteiger partial charge is 0.407 e. The van der Waals surface area contributed by atoms with Crippen LogP contribution in [0.2, 0.25) is 0 Å². The van der Waals surface area contributed by atoms with E-state index in [1.807, 2.05) is 0 Å². The van der Waals surface area contributed by atoms with E-state index in [-0.39, 0.29) is 24.6 Å². The molecule has 0 aliphatic rings. The molecule has 0 radical (unpaired) electrons. The van der Waals surface area contributed by atoms with Gasteiger partial charge >= 0.3 is 6.09 Å². The first kappa shape index (κ1) is 19.4. The first-order valence-electron chi connectivity index (χ1n) is 8.18. The van der Waals surface area contributed by atoms with Crippen molar-refractivity contribution in [2.75, 3.05) is 13.1 Å². The van der Waals surface area contributed by atoms with Crippen molar-refractivity contribution >= 4 is 12.0 Å². The van der Waals surface area contributed by atoms with Crippen LogP contribution in [0, 0.1) is 5.82 Å². The number of benzene rings is 1. The van der Waals surface area contributed by atoms with Crippen LogP contribution in [0.1, 0.15) is 31.3 Å². The van der Waals surface area contributed by atoms with Gasteiger partial charge in [-0.1, -0.05) is 12.1 Å². The predicted octanol–water partition coefficient (Wildman–Crippen LogP) is 2.73. The second-order valence-corrected chi connectivity index (χ2v) is 6.93. The Balaban J connectivity index is 2.11. The number of aryl methyl sites for hydroxylation is 1. The molecule has 0 saturated heterocycles. The number of rotatable bonds is 5. The topological polar surface area (TPSA) is 87.5 Å². The van der Waals surface area contributed by atoms with E-state index in [4.69, 9.17) is 0 Å². The minimum atomic E-state index is -1.04. The fraction of sp³-hybridized carbons (Fsp3) is 0.389. The summed E-state index contributed by atoms with van der Waals surface area (Å²) < 4.78 is 14.6. The Morgan fingerprint density at radius 2 is 1.88 bits per heavy atom. The van der Waals surface area contributed by atoms with Crippen LogP contribution in [0.5, 0.6) is 0 Å². The second kappa shape index (κ2) is 7.55. The van der Waals surface area contributed by atoms with Gasteiger partial charge in [-0.3, -0.25) is 9.48 Å². The minimum Gasteiger partial charge on any atom is -0.465 e. The summed E-state index contributed by atoms with van der Waals surface area (Å²) in [7, 11) is 1.69. The van der Waals surface area contributed by atoms with Crippen LogP contribution >= 0.6 is 0 Å². The summed E-state index contributed by atoms with van der Waals surface area (Å²) in [6.07, 6.45) is 0.637. The van der Waals surface area contributed by atoms with Gasteiger partial charge in [0.2, 0.25) is 0 Å². The van der Waals surface area contributed by atoms with Crippen molar-refractivity contribution in [3.63, 3.8) is 0 Å². The lowest BCUT2D eigenvalue weighted by Gasteiger charge is -2.33. The van der Waals surface area contributed by atoms with Gasteiger partial charge < -0.3 is 15.3 Å². The molecule has 0 spiro atoms. The Hall–Kier alpha value is -2.90. The lowest BCUT2D eigenvalue weighted by molar-refractivity contribution is 0.0888. The molecular weight excluding hydrogens is 339 g/mol. The number of halogens is 1. The fourth-order valence-electron chi connectivity index (χ4n) is 2.58. The Bertz CT molecular complexity index is 794. The van der Waals surface area contributed by atoms with Crippen LogP contribution in [0.25, 0.3) is 11.1 Å². The zero-order valence-corrected chi connectivity index (χ0v) is 15.3. The molecule has 2 N–H and O–H groups in total. The Morgan fingerprint density at radius 1 is 1.27 bits per heavy atom. The van der Waals surface area contributed by atoms with Gasteiger partial charge in [0.15, 0.2) is 5.69 Å². The quantitative estimate of drug-likeness (QED) is 0.856. The van der Waals surface area contributed by atoms with Crippen molar-refractivity contribution in [2.24, 2.45) is 7.05 Å². The van der Waals surface area contributed by atoms with Crippen molar-refractivity contribution < 1.29 is 19.1 Å². The monoisotopic (exact) mass is 362 g/mol. The Kier molecular flexibility index (Phi) is 5.64. The van der Waals surface area contributed by atoms with Crippen molar-refractivity contribution in [3.8, 4) is 11.1 Å². The summed E-state index contributed by atoms with van der Waals surface area (Å²) in [5.74, 6) is -0.774. The maximum Gasteiger partial charge on any atom is 0.407 e. The molecule has 0 atom stereocenters. The normalized spacial score (nSPS) is 11.3. The summed E-state index contributed by atoms with van der Waals surface area (Å²) in [6, 6.07) is 5.79. The van der Waals surface area contributed by atoms with E-state index in [1.54, 1.807) is 46.1 Å². The minimum absolute atomic E-state index is 0.155. The molecule has 0 fully saturated rings. The van der Waals surface area contributed by atoms with E-state index in [2.05, 4.69) is 10.4 Å². The molecule has 0 aliphatic carbocycles. The molecule has 140 valence electrons. The van der Waals surface area contributed by atoms with Crippen LogP contribution in [-0.2, 0) is 7.05 Å². The molecule has 7 nitrogen and oxygen atoms in total. The Morgan fingerprint density at radius 3 is 2.42 bits per heavy atom. The first-order valence-corrected chi connectivity index (χ1v) is 8.18. The van der Waals surface area contributed by atoms with Gasteiger partial charge in [0.1, 0.15) is 5.82 Å². The van der Waals surface area contributed by atoms with E-state index in [1.165, 1.54) is 21.7 Å². The van der Waals surface area contributed by atoms with Gasteiger partial charge in [0.05, 0.1) is 0 Å². The van der Waals surface area contributed by atoms with Gasteiger partial charge in [-0.25, -0.2) is 9.18 Å². The fourth-order valence-corrected chi connectivity index (χ4v) is 2.58. The van der Waals surface area contributed by atoms with Gasteiger partial charge in [0, 0.05) is 37.4 Å². The maximum atomic E-state index is 13.1. The zero-order chi connectivity index (χ0) is 19.5. The third kappa shape index (κ3) is 4.59. The summed E-state index contributed by atoms with van der Waals surface area (Å²) in [5, 5.41) is 16.1. The number of amides is 2. The molecule has 2 rings (SSSR count). The number of carboxylic acid groups (broad SMARTS) is 1. The maximum absolute atomic E-state index is 13.1. The highest BCUT2D eigenvalue weighted by Crippen LogP contribution is 2.23. The lowest BCUT2D eigenvalue weighted by Crippen LogP contribution is -2.48. The molecule has 0 aliphatic heterocycles. The molecule has 1 heterocycles. The van der Waals surface area contributed by atoms with Crippen molar-refractivity contribution in [1.82, 2.24) is 20.0 Å². The Labute approximate surface area is 151 Å². The number of carbonyl (C=O) groups is 2. The largest absolute Gasteiger partial charge is 0.465 e. The van der Waals surface area contributed by atoms with Gasteiger partial charge in [-0.15, -0.1) is 0 Å². The highest BCUT2D eigenvalue weighted by atomic mass is 19.1. The first-order chi connectivity index (χ1) is 12.1. The third-order valence-corrected chi connectivity index (χ3v) is 3.86. The molecule has 8 heteroatoms. The zero-order valence-electron chi connectivity index (χ0n) is 15.3. The average molecular weight is 362 g/mol. The van der Waals surface area contributed by atoms with Crippen LogP contribution < -0.4 is 5.32 Å². The van der Waals surface area contributed by atoms with Crippen LogP contribution in [0.15, 0.2) is 30.5 Å². The van der Waals surface area contributed by atoms with Crippen LogP contribution in [0.3, 0.4) is 0 Å². The third-order valence-electron chi connectivity index (χ3n) is 3.86. The van der Waals surface area contributed by atoms with Gasteiger partial charge in [-0.05, 0) is 38.5 Å². The molecule has 0 saturated carbocycles. The van der Waals surface area contributed by atoms with Gasteiger partial charge in [0.25, 0.3) is 5.91 Å². The molecular formula is C18H23FN4O3. The number of carbonyl (C=O) groups excluding carboxylic acids is 1. The highest BCUT2D eigenvalue weighted by Gasteiger charge is 2.26. The molecule has 2 amide bonds. The lowest BCUT2D eigenvalue weighted by atomic mass is 10.1. The van der Waals surface area contributed by atoms with Crippen molar-refractivity contribution in [1.29, 1.82) is 0 Å². The number of aromatic nitrogens is 2. The summed E-state index contributed by atoms with van der Waals surface area (Å²) in [4.78, 5) is 25.1. The van der Waals surface area contributed by atoms with E-state index in [0.29, 0.717) is 11.1 Å². The molecule has 2 aromatic rings. The predicted molar refractivity (Wildman–Crippen MR) is 95.4 cm³/mol. The summed E-state index contributed by atoms with van der Waals surface area (Å²) >= 11 is 0. The molecule has 1 aromatic carbocycles. The van der Waals surface area contributed by atoms with E-state index >= 15 is 0 Å². The molecule has 1 aromatic heterocycles. The second-order valence-electron chi connectivity index (χ2n) is 6.93. The van der Waals surface area contributed by atoms with E-state index in [0.717, 1.165) is 0 Å². The molecule has 0 bridgehead atoms. The summed E-state index contributed by atoms with van der Waals surface area (Å²) in [5.41, 5.74) is 0.889. The van der Waals surface area contributed by atoms with Crippen LogP contribution in [0.4, 0.5) is 9.18 Å². The SMILES string of the molecule is Cn1cc(-c2ccc(F)cc2)c(C(=O)NCCN(C(=O)O)C(C)(C)C)n1. The van der Waals surface area contributed by atoms with E-state index in [9.17, 15) is 19.1 Å². The molecule has 0 unspecified atom stereocenters. The van der Waals surface area contributed by atoms with Crippen LogP contribution in [-0.4, -0.2) is 50.4 Å². The highest BCUT2D eigenvalue weighted by molar-refractivity contribution is 5.98. The molecule has 26 heavy (non-hydrogen) atoms. The number of hydrogen-bond donors (Lipinski definition) is 2. The average Bonchev–Trinajstić information content (AvgIpc) is 2.92. The van der Waals surface area contributed by atoms with E-state index < -0.39 is 17.5 Å². The van der Waals surface area contributed by atoms with Crippen molar-refractivity contribution in [3.05, 3.63) is 42.0 Å². The standard InChI is InChI=1S/C18H23FN4O3/c1-18(2,3)23(17(25)26)10-9-20-16(24)15-14(11-22(4)21-15)12-5-7-13(19)8-6-12/h5-8,11H,9-10H2,1-4H3,(H,20,24)(H,25,26). The van der Waals surface area contributed by atoms with Crippen molar-refractivity contribution in [2.45, 2.75) is 26.3 Å². The number of hydrogen-bond acceptors (Lipinski definition) is 3. The number of nitrogens with one attached hydrogen (secondary N) is 1. The summed E-state index contributed by atoms with van der Waals surface area (Å²) in [6.45, 7) is 5.67.